The predicted molar refractivity (Wildman–Crippen MR) is 69.7 cm³/mol. The Bertz CT molecular complexity index is 293. The Kier molecular flexibility index (Phi) is 4.77. The number of piperidine rings is 1. The summed E-state index contributed by atoms with van der Waals surface area (Å²) in [5.74, 6) is -0.462. The van der Waals surface area contributed by atoms with Crippen molar-refractivity contribution < 1.29 is 13.2 Å². The third kappa shape index (κ3) is 3.63. The van der Waals surface area contributed by atoms with Gasteiger partial charge in [0.2, 0.25) is 0 Å². The summed E-state index contributed by atoms with van der Waals surface area (Å²) in [5, 5.41) is 0. The molecule has 0 bridgehead atoms. The minimum absolute atomic E-state index is 0.0847. The summed E-state index contributed by atoms with van der Waals surface area (Å²) in [5.41, 5.74) is 5.82. The van der Waals surface area contributed by atoms with Gasteiger partial charge in [-0.3, -0.25) is 4.90 Å². The van der Waals surface area contributed by atoms with E-state index in [1.165, 1.54) is 0 Å². The van der Waals surface area contributed by atoms with Crippen LogP contribution in [0.5, 0.6) is 0 Å². The number of rotatable bonds is 2. The van der Waals surface area contributed by atoms with Gasteiger partial charge in [-0.05, 0) is 44.6 Å². The Labute approximate surface area is 113 Å². The largest absolute Gasteiger partial charge is 0.391 e. The highest BCUT2D eigenvalue weighted by Gasteiger charge is 2.44. The molecule has 2 aliphatic rings. The number of hydrogen-bond donors (Lipinski definition) is 1. The van der Waals surface area contributed by atoms with Crippen LogP contribution in [0.25, 0.3) is 0 Å². The third-order valence-electron chi connectivity index (χ3n) is 4.87. The van der Waals surface area contributed by atoms with Crippen LogP contribution in [-0.2, 0) is 0 Å². The standard InChI is InChI=1S/C14H25F3N2/c1-10-5-6-19(13(7-10)9-18)12-4-2-3-11(8-12)14(15,16)17/h10-13H,2-9,18H2,1H3. The average Bonchev–Trinajstić information content (AvgIpc) is 2.37. The first-order valence-corrected chi connectivity index (χ1v) is 7.44. The molecule has 1 aliphatic heterocycles. The number of nitrogens with zero attached hydrogens (tertiary/aromatic N) is 1. The Morgan fingerprint density at radius 1 is 1.16 bits per heavy atom. The van der Waals surface area contributed by atoms with Crippen LogP contribution in [0.4, 0.5) is 13.2 Å². The molecule has 1 saturated carbocycles. The molecule has 2 rings (SSSR count). The SMILES string of the molecule is CC1CCN(C2CCCC(C(F)(F)F)C2)C(CN)C1. The molecule has 0 aromatic carbocycles. The molecule has 19 heavy (non-hydrogen) atoms. The van der Waals surface area contributed by atoms with Crippen LogP contribution in [0, 0.1) is 11.8 Å². The number of likely N-dealkylation sites (tertiary alicyclic amines) is 1. The van der Waals surface area contributed by atoms with Gasteiger partial charge < -0.3 is 5.73 Å². The van der Waals surface area contributed by atoms with E-state index in [1.54, 1.807) is 0 Å². The number of hydrogen-bond acceptors (Lipinski definition) is 2. The molecule has 1 heterocycles. The second-order valence-corrected chi connectivity index (χ2v) is 6.32. The first-order chi connectivity index (χ1) is 8.91. The zero-order valence-electron chi connectivity index (χ0n) is 11.6. The highest BCUT2D eigenvalue weighted by atomic mass is 19.4. The molecule has 0 spiro atoms. The van der Waals surface area contributed by atoms with E-state index in [9.17, 15) is 13.2 Å². The quantitative estimate of drug-likeness (QED) is 0.840. The summed E-state index contributed by atoms with van der Waals surface area (Å²) in [6.07, 6.45) is 0.259. The van der Waals surface area contributed by atoms with E-state index in [-0.39, 0.29) is 18.5 Å². The van der Waals surface area contributed by atoms with Gasteiger partial charge in [-0.2, -0.15) is 13.2 Å². The van der Waals surface area contributed by atoms with E-state index in [2.05, 4.69) is 11.8 Å². The van der Waals surface area contributed by atoms with Gasteiger partial charge in [0.05, 0.1) is 5.92 Å². The van der Waals surface area contributed by atoms with Crippen molar-refractivity contribution in [1.29, 1.82) is 0 Å². The Hall–Kier alpha value is -0.290. The van der Waals surface area contributed by atoms with Gasteiger partial charge in [-0.1, -0.05) is 13.3 Å². The lowest BCUT2D eigenvalue weighted by Crippen LogP contribution is -2.53. The summed E-state index contributed by atoms with van der Waals surface area (Å²) in [4.78, 5) is 2.28. The van der Waals surface area contributed by atoms with E-state index in [1.807, 2.05) is 0 Å². The Morgan fingerprint density at radius 3 is 2.53 bits per heavy atom. The highest BCUT2D eigenvalue weighted by Crippen LogP contribution is 2.40. The monoisotopic (exact) mass is 278 g/mol. The van der Waals surface area contributed by atoms with Crippen molar-refractivity contribution in [3.05, 3.63) is 0 Å². The van der Waals surface area contributed by atoms with Crippen LogP contribution in [0.15, 0.2) is 0 Å². The van der Waals surface area contributed by atoms with Crippen LogP contribution >= 0.6 is 0 Å². The molecule has 2 fully saturated rings. The lowest BCUT2D eigenvalue weighted by molar-refractivity contribution is -0.188. The topological polar surface area (TPSA) is 29.3 Å². The van der Waals surface area contributed by atoms with Crippen molar-refractivity contribution in [2.24, 2.45) is 17.6 Å². The van der Waals surface area contributed by atoms with Crippen molar-refractivity contribution in [3.8, 4) is 0 Å². The summed E-state index contributed by atoms with van der Waals surface area (Å²) in [6, 6.07) is 0.363. The molecule has 0 aromatic heterocycles. The number of halogens is 3. The van der Waals surface area contributed by atoms with Gasteiger partial charge in [0.1, 0.15) is 0 Å². The van der Waals surface area contributed by atoms with Gasteiger partial charge in [-0.25, -0.2) is 0 Å². The van der Waals surface area contributed by atoms with Gasteiger partial charge >= 0.3 is 6.18 Å². The molecule has 1 aliphatic carbocycles. The minimum atomic E-state index is -4.03. The van der Waals surface area contributed by atoms with Gasteiger partial charge in [0, 0.05) is 18.6 Å². The zero-order chi connectivity index (χ0) is 14.0. The fourth-order valence-corrected chi connectivity index (χ4v) is 3.74. The number of nitrogens with two attached hydrogens (primary N) is 1. The molecule has 2 nitrogen and oxygen atoms in total. The Morgan fingerprint density at radius 2 is 1.89 bits per heavy atom. The molecule has 1 saturated heterocycles. The molecular weight excluding hydrogens is 253 g/mol. The molecule has 0 amide bonds. The van der Waals surface area contributed by atoms with Gasteiger partial charge in [0.15, 0.2) is 0 Å². The maximum atomic E-state index is 12.9. The summed E-state index contributed by atoms with van der Waals surface area (Å²) >= 11 is 0. The molecule has 2 N–H and O–H groups in total. The van der Waals surface area contributed by atoms with Crippen molar-refractivity contribution in [1.82, 2.24) is 4.90 Å². The van der Waals surface area contributed by atoms with Gasteiger partial charge in [0.25, 0.3) is 0 Å². The lowest BCUT2D eigenvalue weighted by Gasteiger charge is -2.45. The second-order valence-electron chi connectivity index (χ2n) is 6.32. The van der Waals surface area contributed by atoms with Crippen molar-refractivity contribution in [2.75, 3.05) is 13.1 Å². The number of alkyl halides is 3. The van der Waals surface area contributed by atoms with E-state index in [0.29, 0.717) is 25.3 Å². The maximum Gasteiger partial charge on any atom is 0.391 e. The minimum Gasteiger partial charge on any atom is -0.329 e. The molecule has 0 aromatic rings. The lowest BCUT2D eigenvalue weighted by atomic mass is 9.82. The van der Waals surface area contributed by atoms with E-state index in [4.69, 9.17) is 5.73 Å². The van der Waals surface area contributed by atoms with Crippen LogP contribution < -0.4 is 5.73 Å². The van der Waals surface area contributed by atoms with Crippen LogP contribution in [0.3, 0.4) is 0 Å². The molecule has 4 atom stereocenters. The Balaban J connectivity index is 2.00. The molecule has 4 unspecified atom stereocenters. The third-order valence-corrected chi connectivity index (χ3v) is 4.87. The molecule has 112 valence electrons. The first-order valence-electron chi connectivity index (χ1n) is 7.44. The van der Waals surface area contributed by atoms with Crippen LogP contribution in [-0.4, -0.2) is 36.2 Å². The van der Waals surface area contributed by atoms with E-state index >= 15 is 0 Å². The van der Waals surface area contributed by atoms with Crippen molar-refractivity contribution in [3.63, 3.8) is 0 Å². The highest BCUT2D eigenvalue weighted by molar-refractivity contribution is 4.90. The first kappa shape index (κ1) is 15.1. The normalized spacial score (nSPS) is 38.4. The van der Waals surface area contributed by atoms with Crippen molar-refractivity contribution >= 4 is 0 Å². The fraction of sp³-hybridized carbons (Fsp3) is 1.00. The molecule has 0 radical (unpaired) electrons. The molecular formula is C14H25F3N2. The van der Waals surface area contributed by atoms with Crippen LogP contribution in [0.2, 0.25) is 0 Å². The fourth-order valence-electron chi connectivity index (χ4n) is 3.74. The van der Waals surface area contributed by atoms with Crippen LogP contribution in [0.1, 0.15) is 45.4 Å². The average molecular weight is 278 g/mol. The summed E-state index contributed by atoms with van der Waals surface area (Å²) in [6.45, 7) is 3.69. The smallest absolute Gasteiger partial charge is 0.329 e. The zero-order valence-corrected chi connectivity index (χ0v) is 11.6. The van der Waals surface area contributed by atoms with E-state index in [0.717, 1.165) is 25.8 Å². The summed E-state index contributed by atoms with van der Waals surface area (Å²) in [7, 11) is 0. The second kappa shape index (κ2) is 6.00. The van der Waals surface area contributed by atoms with Crippen molar-refractivity contribution in [2.45, 2.75) is 63.7 Å². The summed E-state index contributed by atoms with van der Waals surface area (Å²) < 4.78 is 38.6. The maximum absolute atomic E-state index is 12.9. The predicted octanol–water partition coefficient (Wildman–Crippen LogP) is 3.17. The van der Waals surface area contributed by atoms with E-state index < -0.39 is 12.1 Å². The van der Waals surface area contributed by atoms with Gasteiger partial charge in [-0.15, -0.1) is 0 Å². The molecule has 5 heteroatoms.